The van der Waals surface area contributed by atoms with Gasteiger partial charge in [0.15, 0.2) is 0 Å². The molecule has 1 fully saturated rings. The maximum absolute atomic E-state index is 12.4. The Morgan fingerprint density at radius 2 is 2.19 bits per heavy atom. The Bertz CT molecular complexity index is 633. The highest BCUT2D eigenvalue weighted by atomic mass is 79.9. The second-order valence-corrected chi connectivity index (χ2v) is 5.87. The molecule has 0 radical (unpaired) electrons. The first-order chi connectivity index (χ1) is 10.2. The van der Waals surface area contributed by atoms with Crippen LogP contribution in [-0.2, 0) is 0 Å². The van der Waals surface area contributed by atoms with Gasteiger partial charge in [0, 0.05) is 35.3 Å². The number of carbonyl (C=O) groups is 1. The van der Waals surface area contributed by atoms with Crippen molar-refractivity contribution in [2.75, 3.05) is 13.1 Å². The van der Waals surface area contributed by atoms with Gasteiger partial charge in [-0.25, -0.2) is 4.98 Å². The summed E-state index contributed by atoms with van der Waals surface area (Å²) in [5.74, 6) is 0.655. The molecule has 2 aromatic rings. The van der Waals surface area contributed by atoms with Crippen molar-refractivity contribution in [1.82, 2.24) is 9.88 Å². The lowest BCUT2D eigenvalue weighted by Crippen LogP contribution is -2.31. The number of ether oxygens (including phenoxy) is 1. The number of carbonyl (C=O) groups excluding carboxylic acids is 1. The summed E-state index contributed by atoms with van der Waals surface area (Å²) in [6.45, 7) is 1.31. The summed E-state index contributed by atoms with van der Waals surface area (Å²) in [6.07, 6.45) is 2.54. The molecule has 0 N–H and O–H groups in total. The predicted molar refractivity (Wildman–Crippen MR) is 83.3 cm³/mol. The summed E-state index contributed by atoms with van der Waals surface area (Å²) < 4.78 is 6.71. The molecule has 1 amide bonds. The number of hydrogen-bond acceptors (Lipinski definition) is 3. The van der Waals surface area contributed by atoms with Crippen molar-refractivity contribution in [3.05, 3.63) is 58.7 Å². The lowest BCUT2D eigenvalue weighted by molar-refractivity contribution is 0.0771. The second-order valence-electron chi connectivity index (χ2n) is 4.96. The van der Waals surface area contributed by atoms with Gasteiger partial charge in [0.1, 0.15) is 6.10 Å². The molecule has 2 heterocycles. The van der Waals surface area contributed by atoms with E-state index in [2.05, 4.69) is 20.9 Å². The molecule has 4 nitrogen and oxygen atoms in total. The third kappa shape index (κ3) is 3.42. The number of likely N-dealkylation sites (tertiary alicyclic amines) is 1. The molecule has 0 bridgehead atoms. The van der Waals surface area contributed by atoms with Gasteiger partial charge in [0.2, 0.25) is 5.88 Å². The average molecular weight is 347 g/mol. The minimum Gasteiger partial charge on any atom is -0.472 e. The summed E-state index contributed by atoms with van der Waals surface area (Å²) in [5, 5.41) is 0. The largest absolute Gasteiger partial charge is 0.472 e. The number of amides is 1. The topological polar surface area (TPSA) is 42.4 Å². The maximum Gasteiger partial charge on any atom is 0.254 e. The van der Waals surface area contributed by atoms with E-state index in [0.29, 0.717) is 24.5 Å². The highest BCUT2D eigenvalue weighted by Crippen LogP contribution is 2.19. The molecule has 1 aromatic carbocycles. The molecule has 3 rings (SSSR count). The predicted octanol–water partition coefficient (Wildman–Crippen LogP) is 3.14. The van der Waals surface area contributed by atoms with Crippen molar-refractivity contribution in [1.29, 1.82) is 0 Å². The van der Waals surface area contributed by atoms with E-state index in [9.17, 15) is 4.79 Å². The van der Waals surface area contributed by atoms with Crippen LogP contribution in [-0.4, -0.2) is 35.0 Å². The van der Waals surface area contributed by atoms with Crippen LogP contribution in [0.15, 0.2) is 53.1 Å². The molecule has 0 saturated carbocycles. The summed E-state index contributed by atoms with van der Waals surface area (Å²) >= 11 is 3.39. The molecular formula is C16H15BrN2O2. The van der Waals surface area contributed by atoms with Gasteiger partial charge in [-0.3, -0.25) is 4.79 Å². The Kier molecular flexibility index (Phi) is 4.20. The van der Waals surface area contributed by atoms with Gasteiger partial charge in [-0.2, -0.15) is 0 Å². The normalized spacial score (nSPS) is 17.8. The van der Waals surface area contributed by atoms with Gasteiger partial charge >= 0.3 is 0 Å². The van der Waals surface area contributed by atoms with Crippen molar-refractivity contribution in [3.63, 3.8) is 0 Å². The Labute approximate surface area is 131 Å². The molecule has 1 saturated heterocycles. The van der Waals surface area contributed by atoms with Gasteiger partial charge in [-0.15, -0.1) is 0 Å². The average Bonchev–Trinajstić information content (AvgIpc) is 2.96. The van der Waals surface area contributed by atoms with Crippen molar-refractivity contribution < 1.29 is 9.53 Å². The van der Waals surface area contributed by atoms with Crippen LogP contribution in [0, 0.1) is 0 Å². The van der Waals surface area contributed by atoms with Crippen molar-refractivity contribution in [2.45, 2.75) is 12.5 Å². The summed E-state index contributed by atoms with van der Waals surface area (Å²) in [5.41, 5.74) is 0.697. The Morgan fingerprint density at radius 1 is 1.29 bits per heavy atom. The molecule has 1 aliphatic heterocycles. The van der Waals surface area contributed by atoms with E-state index >= 15 is 0 Å². The fraction of sp³-hybridized carbons (Fsp3) is 0.250. The van der Waals surface area contributed by atoms with Crippen molar-refractivity contribution in [2.24, 2.45) is 0 Å². The van der Waals surface area contributed by atoms with Gasteiger partial charge in [0.25, 0.3) is 5.91 Å². The van der Waals surface area contributed by atoms with Gasteiger partial charge in [-0.1, -0.05) is 28.1 Å². The number of aromatic nitrogens is 1. The van der Waals surface area contributed by atoms with Crippen LogP contribution in [0.5, 0.6) is 5.88 Å². The SMILES string of the molecule is O=C(c1cccc(Br)c1)N1CCC(Oc2ccccn2)C1. The number of pyridine rings is 1. The molecule has 0 spiro atoms. The minimum absolute atomic E-state index is 0.0102. The number of nitrogens with zero attached hydrogens (tertiary/aromatic N) is 2. The van der Waals surface area contributed by atoms with E-state index in [0.717, 1.165) is 10.9 Å². The zero-order valence-electron chi connectivity index (χ0n) is 11.4. The van der Waals surface area contributed by atoms with E-state index in [1.54, 1.807) is 6.20 Å². The second kappa shape index (κ2) is 6.26. The molecule has 108 valence electrons. The first-order valence-electron chi connectivity index (χ1n) is 6.85. The number of benzene rings is 1. The van der Waals surface area contributed by atoms with Crippen LogP contribution in [0.3, 0.4) is 0 Å². The zero-order chi connectivity index (χ0) is 14.7. The highest BCUT2D eigenvalue weighted by molar-refractivity contribution is 9.10. The molecule has 1 atom stereocenters. The van der Waals surface area contributed by atoms with E-state index in [1.807, 2.05) is 47.4 Å². The minimum atomic E-state index is 0.0102. The Hall–Kier alpha value is -1.88. The standard InChI is InChI=1S/C16H15BrN2O2/c17-13-5-3-4-12(10-13)16(20)19-9-7-14(11-19)21-15-6-1-2-8-18-15/h1-6,8,10,14H,7,9,11H2. The lowest BCUT2D eigenvalue weighted by Gasteiger charge is -2.17. The smallest absolute Gasteiger partial charge is 0.254 e. The Balaban J connectivity index is 1.63. The van der Waals surface area contributed by atoms with Crippen molar-refractivity contribution >= 4 is 21.8 Å². The maximum atomic E-state index is 12.4. The van der Waals surface area contributed by atoms with Crippen LogP contribution in [0.1, 0.15) is 16.8 Å². The van der Waals surface area contributed by atoms with Gasteiger partial charge in [-0.05, 0) is 24.3 Å². The van der Waals surface area contributed by atoms with Crippen molar-refractivity contribution in [3.8, 4) is 5.88 Å². The quantitative estimate of drug-likeness (QED) is 0.857. The van der Waals surface area contributed by atoms with Crippen LogP contribution in [0.25, 0.3) is 0 Å². The van der Waals surface area contributed by atoms with Crippen LogP contribution < -0.4 is 4.74 Å². The summed E-state index contributed by atoms with van der Waals surface area (Å²) in [6, 6.07) is 13.0. The fourth-order valence-electron chi connectivity index (χ4n) is 2.40. The molecular weight excluding hydrogens is 332 g/mol. The van der Waals surface area contributed by atoms with Crippen LogP contribution in [0.4, 0.5) is 0 Å². The number of halogens is 1. The third-order valence-electron chi connectivity index (χ3n) is 3.43. The molecule has 21 heavy (non-hydrogen) atoms. The summed E-state index contributed by atoms with van der Waals surface area (Å²) in [7, 11) is 0. The fourth-order valence-corrected chi connectivity index (χ4v) is 2.80. The molecule has 0 aliphatic carbocycles. The number of hydrogen-bond donors (Lipinski definition) is 0. The van der Waals surface area contributed by atoms with Crippen LogP contribution in [0.2, 0.25) is 0 Å². The van der Waals surface area contributed by atoms with E-state index < -0.39 is 0 Å². The van der Waals surface area contributed by atoms with Gasteiger partial charge in [0.05, 0.1) is 6.54 Å². The number of rotatable bonds is 3. The first-order valence-corrected chi connectivity index (χ1v) is 7.64. The van der Waals surface area contributed by atoms with Crippen LogP contribution >= 0.6 is 15.9 Å². The first kappa shape index (κ1) is 14.1. The van der Waals surface area contributed by atoms with Gasteiger partial charge < -0.3 is 9.64 Å². The summed E-state index contributed by atoms with van der Waals surface area (Å²) in [4.78, 5) is 18.4. The van der Waals surface area contributed by atoms with E-state index in [1.165, 1.54) is 0 Å². The molecule has 5 heteroatoms. The lowest BCUT2D eigenvalue weighted by atomic mass is 10.2. The molecule has 1 aromatic heterocycles. The highest BCUT2D eigenvalue weighted by Gasteiger charge is 2.28. The van der Waals surface area contributed by atoms with E-state index in [-0.39, 0.29) is 12.0 Å². The zero-order valence-corrected chi connectivity index (χ0v) is 13.0. The molecule has 1 unspecified atom stereocenters. The third-order valence-corrected chi connectivity index (χ3v) is 3.92. The monoisotopic (exact) mass is 346 g/mol. The molecule has 1 aliphatic rings. The Morgan fingerprint density at radius 3 is 2.95 bits per heavy atom. The van der Waals surface area contributed by atoms with E-state index in [4.69, 9.17) is 4.74 Å².